The zero-order valence-electron chi connectivity index (χ0n) is 18.3. The Balaban J connectivity index is 1.37. The third-order valence-electron chi connectivity index (χ3n) is 8.42. The zero-order chi connectivity index (χ0) is 19.9. The predicted octanol–water partition coefficient (Wildman–Crippen LogP) is 6.34. The summed E-state index contributed by atoms with van der Waals surface area (Å²) in [4.78, 5) is 24.1. The highest BCUT2D eigenvalue weighted by atomic mass is 16.5. The van der Waals surface area contributed by atoms with Gasteiger partial charge in [0, 0.05) is 6.42 Å². The topological polar surface area (TPSA) is 43.4 Å². The number of unbranched alkanes of at least 4 members (excludes halogenated alkanes) is 2. The summed E-state index contributed by atoms with van der Waals surface area (Å²) in [5.41, 5.74) is 0. The molecule has 0 aromatic rings. The van der Waals surface area contributed by atoms with Gasteiger partial charge in [0.2, 0.25) is 0 Å². The summed E-state index contributed by atoms with van der Waals surface area (Å²) < 4.78 is 4.80. The fraction of sp³-hybridized carbons (Fsp3) is 0.920. The van der Waals surface area contributed by atoms with Crippen LogP contribution in [0.15, 0.2) is 0 Å². The number of Topliss-reactive ketones (excluding diaryl/α,β-unsaturated/α-hetero) is 1. The maximum atomic E-state index is 12.4. The normalized spacial score (nSPS) is 36.9. The summed E-state index contributed by atoms with van der Waals surface area (Å²) in [6.45, 7) is 2.30. The highest BCUT2D eigenvalue weighted by molar-refractivity contribution is 5.99. The van der Waals surface area contributed by atoms with Gasteiger partial charge in [-0.1, -0.05) is 45.4 Å². The molecule has 2 atom stereocenters. The van der Waals surface area contributed by atoms with Gasteiger partial charge in [-0.3, -0.25) is 9.59 Å². The van der Waals surface area contributed by atoms with Gasteiger partial charge in [0.15, 0.2) is 0 Å². The van der Waals surface area contributed by atoms with Crippen LogP contribution >= 0.6 is 0 Å². The maximum absolute atomic E-state index is 12.4. The number of methoxy groups -OCH3 is 1. The number of hydrogen-bond acceptors (Lipinski definition) is 3. The van der Waals surface area contributed by atoms with Crippen molar-refractivity contribution >= 4 is 11.8 Å². The van der Waals surface area contributed by atoms with E-state index in [1.54, 1.807) is 0 Å². The molecule has 0 N–H and O–H groups in total. The predicted molar refractivity (Wildman–Crippen MR) is 113 cm³/mol. The van der Waals surface area contributed by atoms with Crippen LogP contribution in [-0.2, 0) is 14.3 Å². The van der Waals surface area contributed by atoms with Crippen LogP contribution in [0, 0.1) is 35.5 Å². The lowest BCUT2D eigenvalue weighted by atomic mass is 9.64. The standard InChI is InChI=1S/C25H42O3/c1-3-4-5-6-18-7-9-19(10-8-18)20-11-13-21(14-12-20)22-15-16-23(24(26)17-22)25(27)28-2/h18-23H,3-17H2,1-2H3. The first kappa shape index (κ1) is 21.8. The molecular formula is C25H42O3. The van der Waals surface area contributed by atoms with E-state index in [-0.39, 0.29) is 11.8 Å². The molecule has 3 aliphatic carbocycles. The summed E-state index contributed by atoms with van der Waals surface area (Å²) in [6, 6.07) is 0. The molecule has 0 aromatic carbocycles. The molecule has 3 fully saturated rings. The van der Waals surface area contributed by atoms with E-state index in [0.717, 1.165) is 24.2 Å². The monoisotopic (exact) mass is 390 g/mol. The first-order valence-electron chi connectivity index (χ1n) is 12.2. The molecular weight excluding hydrogens is 348 g/mol. The molecule has 3 nitrogen and oxygen atoms in total. The van der Waals surface area contributed by atoms with Crippen molar-refractivity contribution in [2.45, 2.75) is 103 Å². The SMILES string of the molecule is CCCCCC1CCC(C2CCC(C3CCC(C(=O)OC)C(=O)C3)CC2)CC1. The van der Waals surface area contributed by atoms with Gasteiger partial charge in [-0.15, -0.1) is 0 Å². The Morgan fingerprint density at radius 3 is 1.89 bits per heavy atom. The Kier molecular flexibility index (Phi) is 8.41. The van der Waals surface area contributed by atoms with Crippen molar-refractivity contribution in [3.05, 3.63) is 0 Å². The lowest BCUT2D eigenvalue weighted by Gasteiger charge is -2.41. The van der Waals surface area contributed by atoms with E-state index >= 15 is 0 Å². The molecule has 0 bridgehead atoms. The second kappa shape index (κ2) is 10.8. The van der Waals surface area contributed by atoms with Crippen LogP contribution in [-0.4, -0.2) is 18.9 Å². The highest BCUT2D eigenvalue weighted by Crippen LogP contribution is 2.46. The van der Waals surface area contributed by atoms with Gasteiger partial charge in [-0.25, -0.2) is 0 Å². The molecule has 0 spiro atoms. The van der Waals surface area contributed by atoms with Gasteiger partial charge in [-0.05, 0) is 81.0 Å². The number of carbonyl (C=O) groups is 2. The molecule has 0 heterocycles. The number of carbonyl (C=O) groups excluding carboxylic acids is 2. The van der Waals surface area contributed by atoms with Crippen molar-refractivity contribution in [1.82, 2.24) is 0 Å². The van der Waals surface area contributed by atoms with Gasteiger partial charge < -0.3 is 4.74 Å². The molecule has 0 aliphatic heterocycles. The third kappa shape index (κ3) is 5.60. The molecule has 28 heavy (non-hydrogen) atoms. The minimum atomic E-state index is -0.481. The summed E-state index contributed by atoms with van der Waals surface area (Å²) in [5, 5.41) is 0. The molecule has 0 radical (unpaired) electrons. The van der Waals surface area contributed by atoms with Crippen LogP contribution in [0.1, 0.15) is 103 Å². The molecule has 0 saturated heterocycles. The maximum Gasteiger partial charge on any atom is 0.316 e. The van der Waals surface area contributed by atoms with Gasteiger partial charge in [-0.2, -0.15) is 0 Å². The Bertz CT molecular complexity index is 498. The molecule has 0 amide bonds. The minimum Gasteiger partial charge on any atom is -0.468 e. The first-order chi connectivity index (χ1) is 13.6. The highest BCUT2D eigenvalue weighted by Gasteiger charge is 2.39. The largest absolute Gasteiger partial charge is 0.468 e. The van der Waals surface area contributed by atoms with Crippen molar-refractivity contribution in [1.29, 1.82) is 0 Å². The lowest BCUT2D eigenvalue weighted by Crippen LogP contribution is -2.36. The zero-order valence-corrected chi connectivity index (χ0v) is 18.3. The van der Waals surface area contributed by atoms with Gasteiger partial charge in [0.1, 0.15) is 11.7 Å². The van der Waals surface area contributed by atoms with Crippen LogP contribution < -0.4 is 0 Å². The van der Waals surface area contributed by atoms with E-state index in [9.17, 15) is 9.59 Å². The number of rotatable bonds is 7. The van der Waals surface area contributed by atoms with Crippen LogP contribution in [0.4, 0.5) is 0 Å². The smallest absolute Gasteiger partial charge is 0.316 e. The summed E-state index contributed by atoms with van der Waals surface area (Å²) in [6.07, 6.45) is 19.3. The number of hydrogen-bond donors (Lipinski definition) is 0. The molecule has 0 aromatic heterocycles. The molecule has 160 valence electrons. The minimum absolute atomic E-state index is 0.131. The van der Waals surface area contributed by atoms with Crippen molar-refractivity contribution in [3.63, 3.8) is 0 Å². The summed E-state index contributed by atoms with van der Waals surface area (Å²) >= 11 is 0. The average Bonchev–Trinajstić information content (AvgIpc) is 2.74. The van der Waals surface area contributed by atoms with E-state index in [4.69, 9.17) is 4.74 Å². The van der Waals surface area contributed by atoms with Crippen LogP contribution in [0.25, 0.3) is 0 Å². The summed E-state index contributed by atoms with van der Waals surface area (Å²) in [7, 11) is 1.39. The van der Waals surface area contributed by atoms with Gasteiger partial charge in [0.25, 0.3) is 0 Å². The average molecular weight is 391 g/mol. The molecule has 3 aliphatic rings. The van der Waals surface area contributed by atoms with Crippen molar-refractivity contribution < 1.29 is 14.3 Å². The Morgan fingerprint density at radius 1 is 0.821 bits per heavy atom. The molecule has 2 unspecified atom stereocenters. The fourth-order valence-electron chi connectivity index (χ4n) is 6.56. The van der Waals surface area contributed by atoms with Gasteiger partial charge in [0.05, 0.1) is 7.11 Å². The van der Waals surface area contributed by atoms with Crippen molar-refractivity contribution in [2.75, 3.05) is 7.11 Å². The van der Waals surface area contributed by atoms with Crippen LogP contribution in [0.3, 0.4) is 0 Å². The van der Waals surface area contributed by atoms with Crippen LogP contribution in [0.5, 0.6) is 0 Å². The second-order valence-corrected chi connectivity index (χ2v) is 10.0. The number of ketones is 1. The Hall–Kier alpha value is -0.860. The summed E-state index contributed by atoms with van der Waals surface area (Å²) in [5.74, 6) is 3.48. The third-order valence-corrected chi connectivity index (χ3v) is 8.42. The Labute approximate surface area is 172 Å². The van der Waals surface area contributed by atoms with E-state index in [1.165, 1.54) is 84.2 Å². The lowest BCUT2D eigenvalue weighted by molar-refractivity contribution is -0.151. The van der Waals surface area contributed by atoms with E-state index in [0.29, 0.717) is 24.7 Å². The Morgan fingerprint density at radius 2 is 1.36 bits per heavy atom. The number of ether oxygens (including phenoxy) is 1. The van der Waals surface area contributed by atoms with E-state index in [1.807, 2.05) is 0 Å². The first-order valence-corrected chi connectivity index (χ1v) is 12.2. The van der Waals surface area contributed by atoms with E-state index < -0.39 is 5.92 Å². The fourth-order valence-corrected chi connectivity index (χ4v) is 6.56. The quantitative estimate of drug-likeness (QED) is 0.289. The second-order valence-electron chi connectivity index (χ2n) is 10.0. The van der Waals surface area contributed by atoms with Crippen molar-refractivity contribution in [2.24, 2.45) is 35.5 Å². The van der Waals surface area contributed by atoms with Gasteiger partial charge >= 0.3 is 5.97 Å². The molecule has 3 saturated carbocycles. The number of esters is 1. The molecule has 3 heteroatoms. The molecule has 3 rings (SSSR count). The van der Waals surface area contributed by atoms with Crippen LogP contribution in [0.2, 0.25) is 0 Å². The van der Waals surface area contributed by atoms with E-state index in [2.05, 4.69) is 6.92 Å². The van der Waals surface area contributed by atoms with Crippen molar-refractivity contribution in [3.8, 4) is 0 Å².